The molecule has 0 bridgehead atoms. The minimum Gasteiger partial charge on any atom is -0.308 e. The zero-order valence-corrected chi connectivity index (χ0v) is 13.0. The maximum atomic E-state index is 4.76. The van der Waals surface area contributed by atoms with Crippen LogP contribution in [-0.4, -0.2) is 21.5 Å². The fraction of sp³-hybridized carbons (Fsp3) is 0.312. The summed E-state index contributed by atoms with van der Waals surface area (Å²) >= 11 is 1.75. The van der Waals surface area contributed by atoms with Gasteiger partial charge in [-0.2, -0.15) is 0 Å². The van der Waals surface area contributed by atoms with Crippen LogP contribution in [0.3, 0.4) is 0 Å². The number of fused-ring (bicyclic) bond motifs is 1. The number of hydrogen-bond donors (Lipinski definition) is 1. The highest BCUT2D eigenvalue weighted by Crippen LogP contribution is 2.27. The third-order valence-corrected chi connectivity index (χ3v) is 4.46. The third-order valence-electron chi connectivity index (χ3n) is 3.31. The molecule has 5 heteroatoms. The Morgan fingerprint density at radius 3 is 2.81 bits per heavy atom. The van der Waals surface area contributed by atoms with E-state index < -0.39 is 0 Å². The van der Waals surface area contributed by atoms with Gasteiger partial charge in [-0.3, -0.25) is 0 Å². The standard InChI is InChI=1S/C16H18N4S/c1-3-17-14(10-12-8-9-18-11(2)19-12)16-20-13-6-4-5-7-15(13)21-16/h4-9,14,17H,3,10H2,1-2H3. The molecule has 0 spiro atoms. The summed E-state index contributed by atoms with van der Waals surface area (Å²) in [5, 5.41) is 4.64. The summed E-state index contributed by atoms with van der Waals surface area (Å²) in [6, 6.07) is 10.4. The summed E-state index contributed by atoms with van der Waals surface area (Å²) in [7, 11) is 0. The SMILES string of the molecule is CCNC(Cc1ccnc(C)n1)c1nc2ccccc2s1. The van der Waals surface area contributed by atoms with Gasteiger partial charge in [0.15, 0.2) is 0 Å². The van der Waals surface area contributed by atoms with Gasteiger partial charge >= 0.3 is 0 Å². The molecule has 2 aromatic heterocycles. The van der Waals surface area contributed by atoms with Gasteiger partial charge in [0, 0.05) is 18.3 Å². The lowest BCUT2D eigenvalue weighted by Crippen LogP contribution is -2.23. The van der Waals surface area contributed by atoms with Crippen LogP contribution >= 0.6 is 11.3 Å². The van der Waals surface area contributed by atoms with E-state index >= 15 is 0 Å². The highest BCUT2D eigenvalue weighted by atomic mass is 32.1. The van der Waals surface area contributed by atoms with Crippen LogP contribution < -0.4 is 5.32 Å². The molecule has 2 heterocycles. The largest absolute Gasteiger partial charge is 0.308 e. The maximum Gasteiger partial charge on any atom is 0.125 e. The van der Waals surface area contributed by atoms with Crippen LogP contribution in [0.4, 0.5) is 0 Å². The zero-order valence-electron chi connectivity index (χ0n) is 12.2. The lowest BCUT2D eigenvalue weighted by atomic mass is 10.1. The molecule has 0 radical (unpaired) electrons. The number of benzene rings is 1. The van der Waals surface area contributed by atoms with Gasteiger partial charge in [-0.05, 0) is 31.7 Å². The van der Waals surface area contributed by atoms with Gasteiger partial charge in [0.05, 0.1) is 16.3 Å². The van der Waals surface area contributed by atoms with Gasteiger partial charge in [-0.25, -0.2) is 15.0 Å². The summed E-state index contributed by atoms with van der Waals surface area (Å²) in [5.41, 5.74) is 2.12. The van der Waals surface area contributed by atoms with Crippen LogP contribution in [0, 0.1) is 6.92 Å². The molecule has 1 aromatic carbocycles. The highest BCUT2D eigenvalue weighted by Gasteiger charge is 2.16. The molecule has 0 saturated heterocycles. The summed E-state index contributed by atoms with van der Waals surface area (Å²) in [6.45, 7) is 4.94. The summed E-state index contributed by atoms with van der Waals surface area (Å²) in [4.78, 5) is 13.4. The zero-order chi connectivity index (χ0) is 14.7. The Balaban J connectivity index is 1.90. The molecule has 1 N–H and O–H groups in total. The predicted octanol–water partition coefficient (Wildman–Crippen LogP) is 3.29. The second-order valence-electron chi connectivity index (χ2n) is 4.93. The number of aryl methyl sites for hydroxylation is 1. The van der Waals surface area contributed by atoms with E-state index in [2.05, 4.69) is 40.4 Å². The Morgan fingerprint density at radius 2 is 2.05 bits per heavy atom. The average molecular weight is 298 g/mol. The van der Waals surface area contributed by atoms with Crippen molar-refractivity contribution in [3.8, 4) is 0 Å². The molecule has 3 aromatic rings. The highest BCUT2D eigenvalue weighted by molar-refractivity contribution is 7.18. The molecular weight excluding hydrogens is 280 g/mol. The van der Waals surface area contributed by atoms with Crippen molar-refractivity contribution < 1.29 is 0 Å². The van der Waals surface area contributed by atoms with E-state index in [1.54, 1.807) is 11.3 Å². The molecule has 0 aliphatic rings. The normalized spacial score (nSPS) is 12.7. The summed E-state index contributed by atoms with van der Waals surface area (Å²) < 4.78 is 1.23. The Morgan fingerprint density at radius 1 is 1.19 bits per heavy atom. The second-order valence-corrected chi connectivity index (χ2v) is 5.99. The van der Waals surface area contributed by atoms with Crippen molar-refractivity contribution in [2.75, 3.05) is 6.54 Å². The van der Waals surface area contributed by atoms with Crippen LogP contribution in [0.1, 0.15) is 29.5 Å². The Labute approximate surface area is 128 Å². The van der Waals surface area contributed by atoms with Crippen molar-refractivity contribution in [3.63, 3.8) is 0 Å². The van der Waals surface area contributed by atoms with E-state index in [1.807, 2.05) is 25.3 Å². The van der Waals surface area contributed by atoms with Crippen molar-refractivity contribution >= 4 is 21.6 Å². The van der Waals surface area contributed by atoms with Crippen LogP contribution in [0.15, 0.2) is 36.5 Å². The van der Waals surface area contributed by atoms with Crippen molar-refractivity contribution in [3.05, 3.63) is 53.1 Å². The predicted molar refractivity (Wildman–Crippen MR) is 86.5 cm³/mol. The molecule has 3 rings (SSSR count). The van der Waals surface area contributed by atoms with Crippen LogP contribution in [0.5, 0.6) is 0 Å². The lowest BCUT2D eigenvalue weighted by Gasteiger charge is -2.14. The van der Waals surface area contributed by atoms with Crippen LogP contribution in [-0.2, 0) is 6.42 Å². The fourth-order valence-corrected chi connectivity index (χ4v) is 3.40. The van der Waals surface area contributed by atoms with Gasteiger partial charge in [0.2, 0.25) is 0 Å². The van der Waals surface area contributed by atoms with Gasteiger partial charge in [0.1, 0.15) is 10.8 Å². The number of hydrogen-bond acceptors (Lipinski definition) is 5. The first-order valence-corrected chi connectivity index (χ1v) is 7.95. The number of likely N-dealkylation sites (N-methyl/N-ethyl adjacent to an activating group) is 1. The number of para-hydroxylation sites is 1. The molecule has 0 amide bonds. The second kappa shape index (κ2) is 6.28. The van der Waals surface area contributed by atoms with E-state index in [0.29, 0.717) is 0 Å². The van der Waals surface area contributed by atoms with E-state index in [1.165, 1.54) is 4.70 Å². The first-order chi connectivity index (χ1) is 10.3. The smallest absolute Gasteiger partial charge is 0.125 e. The molecule has 0 fully saturated rings. The molecule has 4 nitrogen and oxygen atoms in total. The van der Waals surface area contributed by atoms with Crippen molar-refractivity contribution in [1.82, 2.24) is 20.3 Å². The lowest BCUT2D eigenvalue weighted by molar-refractivity contribution is 0.541. The molecule has 0 aliphatic carbocycles. The molecule has 0 saturated carbocycles. The summed E-state index contributed by atoms with van der Waals surface area (Å²) in [6.07, 6.45) is 2.65. The van der Waals surface area contributed by atoms with E-state index in [0.717, 1.165) is 35.0 Å². The first-order valence-electron chi connectivity index (χ1n) is 7.13. The third kappa shape index (κ3) is 3.25. The Bertz CT molecular complexity index is 705. The van der Waals surface area contributed by atoms with Crippen molar-refractivity contribution in [2.24, 2.45) is 0 Å². The van der Waals surface area contributed by atoms with Crippen LogP contribution in [0.25, 0.3) is 10.2 Å². The summed E-state index contributed by atoms with van der Waals surface area (Å²) in [5.74, 6) is 0.812. The number of thiazole rings is 1. The molecule has 1 unspecified atom stereocenters. The molecule has 108 valence electrons. The maximum absolute atomic E-state index is 4.76. The Kier molecular flexibility index (Phi) is 4.22. The number of nitrogens with zero attached hydrogens (tertiary/aromatic N) is 3. The molecule has 21 heavy (non-hydrogen) atoms. The topological polar surface area (TPSA) is 50.7 Å². The van der Waals surface area contributed by atoms with Crippen molar-refractivity contribution in [1.29, 1.82) is 0 Å². The van der Waals surface area contributed by atoms with Gasteiger partial charge < -0.3 is 5.32 Å². The molecule has 0 aliphatic heterocycles. The number of nitrogens with one attached hydrogen (secondary N) is 1. The van der Waals surface area contributed by atoms with Gasteiger partial charge in [-0.1, -0.05) is 19.1 Å². The van der Waals surface area contributed by atoms with Gasteiger partial charge in [-0.15, -0.1) is 11.3 Å². The van der Waals surface area contributed by atoms with Gasteiger partial charge in [0.25, 0.3) is 0 Å². The molecule has 1 atom stereocenters. The first kappa shape index (κ1) is 14.1. The number of aromatic nitrogens is 3. The fourth-order valence-electron chi connectivity index (χ4n) is 2.36. The molecular formula is C16H18N4S. The van der Waals surface area contributed by atoms with Crippen molar-refractivity contribution in [2.45, 2.75) is 26.3 Å². The van der Waals surface area contributed by atoms with E-state index in [-0.39, 0.29) is 6.04 Å². The quantitative estimate of drug-likeness (QED) is 0.785. The average Bonchev–Trinajstić information content (AvgIpc) is 2.91. The monoisotopic (exact) mass is 298 g/mol. The van der Waals surface area contributed by atoms with Crippen LogP contribution in [0.2, 0.25) is 0 Å². The minimum atomic E-state index is 0.196. The Hall–Kier alpha value is -1.85. The van der Waals surface area contributed by atoms with E-state index in [4.69, 9.17) is 4.98 Å². The van der Waals surface area contributed by atoms with E-state index in [9.17, 15) is 0 Å². The minimum absolute atomic E-state index is 0.196. The number of rotatable bonds is 5.